The molecule has 0 unspecified atom stereocenters. The number of rotatable bonds is 2. The lowest BCUT2D eigenvalue weighted by Crippen LogP contribution is -2.30. The highest BCUT2D eigenvalue weighted by molar-refractivity contribution is 5.95. The van der Waals surface area contributed by atoms with Gasteiger partial charge in [0.15, 0.2) is 0 Å². The van der Waals surface area contributed by atoms with Crippen molar-refractivity contribution in [2.24, 2.45) is 5.84 Å². The van der Waals surface area contributed by atoms with Crippen LogP contribution in [0.3, 0.4) is 0 Å². The largest absolute Gasteiger partial charge is 0.290 e. The Morgan fingerprint density at radius 2 is 1.84 bits per heavy atom. The van der Waals surface area contributed by atoms with Crippen LogP contribution >= 0.6 is 0 Å². The van der Waals surface area contributed by atoms with E-state index < -0.39 is 0 Å². The molecule has 3 N–H and O–H groups in total. The number of benzene rings is 1. The van der Waals surface area contributed by atoms with Crippen molar-refractivity contribution >= 4 is 5.91 Å². The fourth-order valence-corrected chi connectivity index (χ4v) is 1.94. The molecule has 1 aromatic carbocycles. The predicted molar refractivity (Wildman–Crippen MR) is 75.5 cm³/mol. The zero-order valence-corrected chi connectivity index (χ0v) is 11.3. The van der Waals surface area contributed by atoms with Gasteiger partial charge in [-0.15, -0.1) is 0 Å². The number of amides is 1. The van der Waals surface area contributed by atoms with Crippen LogP contribution in [0.1, 0.15) is 27.2 Å². The summed E-state index contributed by atoms with van der Waals surface area (Å²) in [5, 5.41) is 0. The Hall–Kier alpha value is -2.20. The summed E-state index contributed by atoms with van der Waals surface area (Å²) in [7, 11) is 0. The molecule has 19 heavy (non-hydrogen) atoms. The fraction of sp³-hybridized carbons (Fsp3) is 0.200. The van der Waals surface area contributed by atoms with Gasteiger partial charge in [-0.05, 0) is 50.1 Å². The molecule has 4 nitrogen and oxygen atoms in total. The third-order valence-electron chi connectivity index (χ3n) is 3.26. The average molecular weight is 255 g/mol. The molecule has 0 radical (unpaired) electrons. The average Bonchev–Trinajstić information content (AvgIpc) is 2.41. The van der Waals surface area contributed by atoms with E-state index in [2.05, 4.69) is 36.4 Å². The summed E-state index contributed by atoms with van der Waals surface area (Å²) in [6, 6.07) is 9.78. The topological polar surface area (TPSA) is 68.0 Å². The van der Waals surface area contributed by atoms with Crippen LogP contribution in [-0.2, 0) is 0 Å². The van der Waals surface area contributed by atoms with E-state index >= 15 is 0 Å². The minimum Gasteiger partial charge on any atom is -0.290 e. The predicted octanol–water partition coefficient (Wildman–Crippen LogP) is 2.28. The highest BCUT2D eigenvalue weighted by Crippen LogP contribution is 2.21. The lowest BCUT2D eigenvalue weighted by molar-refractivity contribution is 0.0952. The monoisotopic (exact) mass is 255 g/mol. The lowest BCUT2D eigenvalue weighted by Gasteiger charge is -2.08. The molecule has 1 aromatic heterocycles. The molecular formula is C15H17N3O. The van der Waals surface area contributed by atoms with Crippen molar-refractivity contribution in [1.82, 2.24) is 10.4 Å². The summed E-state index contributed by atoms with van der Waals surface area (Å²) in [6.45, 7) is 5.95. The number of hydrazine groups is 1. The summed E-state index contributed by atoms with van der Waals surface area (Å²) in [6.07, 6.45) is 0. The third kappa shape index (κ3) is 2.63. The number of carbonyl (C=O) groups excluding carboxylic acids is 1. The van der Waals surface area contributed by atoms with Gasteiger partial charge in [-0.1, -0.05) is 12.1 Å². The van der Waals surface area contributed by atoms with Crippen LogP contribution in [0, 0.1) is 20.8 Å². The Morgan fingerprint density at radius 1 is 1.11 bits per heavy atom. The Balaban J connectivity index is 2.44. The van der Waals surface area contributed by atoms with Crippen LogP contribution < -0.4 is 11.3 Å². The number of aromatic nitrogens is 1. The van der Waals surface area contributed by atoms with Gasteiger partial charge >= 0.3 is 0 Å². The molecule has 0 aliphatic heterocycles. The van der Waals surface area contributed by atoms with E-state index in [4.69, 9.17) is 5.84 Å². The molecular weight excluding hydrogens is 238 g/mol. The van der Waals surface area contributed by atoms with E-state index in [1.807, 2.05) is 12.1 Å². The molecule has 98 valence electrons. The van der Waals surface area contributed by atoms with Crippen molar-refractivity contribution in [2.45, 2.75) is 20.8 Å². The van der Waals surface area contributed by atoms with E-state index in [-0.39, 0.29) is 5.91 Å². The molecule has 0 spiro atoms. The molecule has 1 amide bonds. The molecule has 0 fully saturated rings. The van der Waals surface area contributed by atoms with Gasteiger partial charge in [-0.3, -0.25) is 15.2 Å². The molecule has 1 heterocycles. The quantitative estimate of drug-likeness (QED) is 0.491. The number of aryl methyl sites for hydroxylation is 3. The van der Waals surface area contributed by atoms with Gasteiger partial charge in [0.2, 0.25) is 0 Å². The first-order chi connectivity index (χ1) is 9.02. The molecule has 0 atom stereocenters. The first-order valence-corrected chi connectivity index (χ1v) is 6.09. The molecule has 2 aromatic rings. The van der Waals surface area contributed by atoms with E-state index in [0.29, 0.717) is 11.3 Å². The second-order valence-corrected chi connectivity index (χ2v) is 4.60. The highest BCUT2D eigenvalue weighted by Gasteiger charge is 2.10. The van der Waals surface area contributed by atoms with Crippen molar-refractivity contribution in [3.8, 4) is 11.3 Å². The normalized spacial score (nSPS) is 10.3. The van der Waals surface area contributed by atoms with E-state index in [0.717, 1.165) is 11.3 Å². The maximum atomic E-state index is 11.5. The molecule has 0 bridgehead atoms. The molecule has 0 saturated carbocycles. The zero-order valence-electron chi connectivity index (χ0n) is 11.3. The standard InChI is InChI=1S/C15H17N3O/c1-9-4-5-12(8-10(9)2)14-7-6-13(11(3)17-14)15(19)18-16/h4-8H,16H2,1-3H3,(H,18,19). The number of hydrogen-bond donors (Lipinski definition) is 2. The Kier molecular flexibility index (Phi) is 3.62. The van der Waals surface area contributed by atoms with Gasteiger partial charge in [-0.25, -0.2) is 5.84 Å². The highest BCUT2D eigenvalue weighted by atomic mass is 16.2. The Morgan fingerprint density at radius 3 is 2.42 bits per heavy atom. The van der Waals surface area contributed by atoms with Crippen LogP contribution in [0.2, 0.25) is 0 Å². The van der Waals surface area contributed by atoms with E-state index in [9.17, 15) is 4.79 Å². The number of carbonyl (C=O) groups is 1. The number of pyridine rings is 1. The van der Waals surface area contributed by atoms with Crippen molar-refractivity contribution in [2.75, 3.05) is 0 Å². The maximum Gasteiger partial charge on any atom is 0.267 e. The Labute approximate surface area is 112 Å². The van der Waals surface area contributed by atoms with E-state index in [1.165, 1.54) is 11.1 Å². The van der Waals surface area contributed by atoms with Crippen LogP contribution in [0.15, 0.2) is 30.3 Å². The van der Waals surface area contributed by atoms with Crippen molar-refractivity contribution in [1.29, 1.82) is 0 Å². The van der Waals surface area contributed by atoms with Gasteiger partial charge in [0.05, 0.1) is 17.0 Å². The van der Waals surface area contributed by atoms with Crippen molar-refractivity contribution in [3.63, 3.8) is 0 Å². The molecule has 0 aliphatic rings. The maximum absolute atomic E-state index is 11.5. The molecule has 2 rings (SSSR count). The van der Waals surface area contributed by atoms with Gasteiger partial charge in [0.25, 0.3) is 5.91 Å². The van der Waals surface area contributed by atoms with Gasteiger partial charge in [0.1, 0.15) is 0 Å². The number of nitrogen functional groups attached to an aromatic ring is 1. The summed E-state index contributed by atoms with van der Waals surface area (Å²) in [4.78, 5) is 16.0. The minimum absolute atomic E-state index is 0.323. The minimum atomic E-state index is -0.323. The van der Waals surface area contributed by atoms with Gasteiger partial charge in [0, 0.05) is 5.56 Å². The first kappa shape index (κ1) is 13.2. The van der Waals surface area contributed by atoms with Crippen LogP contribution in [0.4, 0.5) is 0 Å². The van der Waals surface area contributed by atoms with Crippen LogP contribution in [0.25, 0.3) is 11.3 Å². The van der Waals surface area contributed by atoms with Gasteiger partial charge < -0.3 is 0 Å². The van der Waals surface area contributed by atoms with Crippen molar-refractivity contribution in [3.05, 3.63) is 52.7 Å². The molecule has 4 heteroatoms. The number of hydrogen-bond acceptors (Lipinski definition) is 3. The summed E-state index contributed by atoms with van der Waals surface area (Å²) < 4.78 is 0. The SMILES string of the molecule is Cc1ccc(-c2ccc(C(=O)NN)c(C)n2)cc1C. The lowest BCUT2D eigenvalue weighted by atomic mass is 10.0. The molecule has 0 aliphatic carbocycles. The first-order valence-electron chi connectivity index (χ1n) is 6.09. The summed E-state index contributed by atoms with van der Waals surface area (Å²) in [5.74, 6) is 4.81. The Bertz CT molecular complexity index is 635. The zero-order chi connectivity index (χ0) is 14.0. The van der Waals surface area contributed by atoms with Gasteiger partial charge in [-0.2, -0.15) is 0 Å². The second kappa shape index (κ2) is 5.20. The molecule has 0 saturated heterocycles. The second-order valence-electron chi connectivity index (χ2n) is 4.60. The fourth-order valence-electron chi connectivity index (χ4n) is 1.94. The van der Waals surface area contributed by atoms with Crippen LogP contribution in [0.5, 0.6) is 0 Å². The number of nitrogens with one attached hydrogen (secondary N) is 1. The van der Waals surface area contributed by atoms with Crippen molar-refractivity contribution < 1.29 is 4.79 Å². The van der Waals surface area contributed by atoms with E-state index in [1.54, 1.807) is 13.0 Å². The van der Waals surface area contributed by atoms with Crippen LogP contribution in [-0.4, -0.2) is 10.9 Å². The summed E-state index contributed by atoms with van der Waals surface area (Å²) >= 11 is 0. The summed E-state index contributed by atoms with van der Waals surface area (Å²) in [5.41, 5.74) is 7.66. The number of nitrogens with two attached hydrogens (primary N) is 1. The smallest absolute Gasteiger partial charge is 0.267 e. The number of nitrogens with zero attached hydrogens (tertiary/aromatic N) is 1. The third-order valence-corrected chi connectivity index (χ3v) is 3.26.